The molecule has 0 atom stereocenters. The topological polar surface area (TPSA) is 87.7 Å². The molecule has 1 aliphatic heterocycles. The third kappa shape index (κ3) is 4.04. The van der Waals surface area contributed by atoms with Gasteiger partial charge in [-0.15, -0.1) is 0 Å². The van der Waals surface area contributed by atoms with Crippen LogP contribution in [0.4, 0.5) is 0 Å². The van der Waals surface area contributed by atoms with Gasteiger partial charge in [-0.3, -0.25) is 4.21 Å². The minimum Gasteiger partial charge on any atom is -0.409 e. The van der Waals surface area contributed by atoms with Gasteiger partial charge in [-0.2, -0.15) is 0 Å². The Bertz CT molecular complexity index is 481. The number of rotatable bonds is 4. The molecule has 0 aliphatic carbocycles. The highest BCUT2D eigenvalue weighted by Crippen LogP contribution is 2.11. The van der Waals surface area contributed by atoms with Crippen LogP contribution in [-0.4, -0.2) is 32.8 Å². The number of nitrogens with two attached hydrogens (primary N) is 1. The van der Waals surface area contributed by atoms with Crippen LogP contribution >= 0.6 is 0 Å². The molecule has 0 radical (unpaired) electrons. The highest BCUT2D eigenvalue weighted by molar-refractivity contribution is 7.85. The second-order valence-corrected chi connectivity index (χ2v) is 6.39. The molecule has 2 rings (SSSR count). The summed E-state index contributed by atoms with van der Waals surface area (Å²) in [5.74, 6) is 1.71. The van der Waals surface area contributed by atoms with E-state index in [4.69, 9.17) is 10.9 Å². The standard InChI is InChI=1S/C13H19N3O2S/c14-13(16-17)11-3-1-2-10(8-11)9-15-12-4-6-19(18)7-5-12/h1-3,8,12,15,17H,4-7,9H2,(H2,14,16). The van der Waals surface area contributed by atoms with Crippen LogP contribution in [-0.2, 0) is 17.3 Å². The number of benzene rings is 1. The molecule has 0 amide bonds. The number of nitrogens with zero attached hydrogens (tertiary/aromatic N) is 1. The molecule has 0 unspecified atom stereocenters. The summed E-state index contributed by atoms with van der Waals surface area (Å²) in [6.45, 7) is 0.740. The lowest BCUT2D eigenvalue weighted by Crippen LogP contribution is -2.35. The van der Waals surface area contributed by atoms with Crippen molar-refractivity contribution < 1.29 is 9.42 Å². The number of amidine groups is 1. The summed E-state index contributed by atoms with van der Waals surface area (Å²) in [6.07, 6.45) is 1.93. The molecule has 1 fully saturated rings. The number of nitrogens with one attached hydrogen (secondary N) is 1. The van der Waals surface area contributed by atoms with Gasteiger partial charge >= 0.3 is 0 Å². The average Bonchev–Trinajstić information content (AvgIpc) is 2.46. The molecule has 0 spiro atoms. The van der Waals surface area contributed by atoms with Crippen LogP contribution in [0.1, 0.15) is 24.0 Å². The molecule has 19 heavy (non-hydrogen) atoms. The lowest BCUT2D eigenvalue weighted by atomic mass is 10.1. The third-order valence-electron chi connectivity index (χ3n) is 3.31. The van der Waals surface area contributed by atoms with Gasteiger partial charge in [0.15, 0.2) is 5.84 Å². The number of hydrogen-bond acceptors (Lipinski definition) is 4. The van der Waals surface area contributed by atoms with Crippen LogP contribution in [0.15, 0.2) is 29.4 Å². The maximum Gasteiger partial charge on any atom is 0.170 e. The van der Waals surface area contributed by atoms with E-state index in [9.17, 15) is 4.21 Å². The Hall–Kier alpha value is -1.40. The fourth-order valence-corrected chi connectivity index (χ4v) is 3.46. The van der Waals surface area contributed by atoms with Gasteiger partial charge in [-0.25, -0.2) is 0 Å². The van der Waals surface area contributed by atoms with E-state index in [1.54, 1.807) is 0 Å². The SMILES string of the molecule is N/C(=N/O)c1cccc(CNC2CCS(=O)CC2)c1. The second kappa shape index (κ2) is 6.68. The number of oxime groups is 1. The number of hydrogen-bond donors (Lipinski definition) is 3. The average molecular weight is 281 g/mol. The van der Waals surface area contributed by atoms with Gasteiger partial charge in [0.1, 0.15) is 0 Å². The second-order valence-electron chi connectivity index (χ2n) is 4.69. The minimum atomic E-state index is -0.620. The van der Waals surface area contributed by atoms with E-state index in [0.29, 0.717) is 11.6 Å². The van der Waals surface area contributed by atoms with Crippen molar-refractivity contribution in [3.05, 3.63) is 35.4 Å². The van der Waals surface area contributed by atoms with Crippen molar-refractivity contribution in [1.29, 1.82) is 0 Å². The normalized spacial score (nSPS) is 24.3. The Kier molecular flexibility index (Phi) is 4.93. The van der Waals surface area contributed by atoms with E-state index < -0.39 is 10.8 Å². The molecule has 1 aliphatic rings. The van der Waals surface area contributed by atoms with Crippen LogP contribution in [0, 0.1) is 0 Å². The fraction of sp³-hybridized carbons (Fsp3) is 0.462. The molecule has 5 nitrogen and oxygen atoms in total. The summed E-state index contributed by atoms with van der Waals surface area (Å²) in [4.78, 5) is 0. The Morgan fingerprint density at radius 3 is 2.89 bits per heavy atom. The van der Waals surface area contributed by atoms with E-state index in [1.165, 1.54) is 0 Å². The molecule has 0 bridgehead atoms. The largest absolute Gasteiger partial charge is 0.409 e. The maximum absolute atomic E-state index is 11.3. The molecular weight excluding hydrogens is 262 g/mol. The first kappa shape index (κ1) is 14.0. The quantitative estimate of drug-likeness (QED) is 0.329. The van der Waals surface area contributed by atoms with Gasteiger partial charge in [0.25, 0.3) is 0 Å². The Labute approximate surface area is 115 Å². The summed E-state index contributed by atoms with van der Waals surface area (Å²) < 4.78 is 11.3. The Morgan fingerprint density at radius 1 is 1.47 bits per heavy atom. The van der Waals surface area contributed by atoms with Crippen molar-refractivity contribution in [3.8, 4) is 0 Å². The minimum absolute atomic E-state index is 0.120. The first-order chi connectivity index (χ1) is 9.19. The molecule has 0 aromatic heterocycles. The van der Waals surface area contributed by atoms with Gasteiger partial charge in [-0.1, -0.05) is 23.4 Å². The van der Waals surface area contributed by atoms with Gasteiger partial charge in [0.05, 0.1) is 0 Å². The fourth-order valence-electron chi connectivity index (χ4n) is 2.16. The predicted molar refractivity (Wildman–Crippen MR) is 76.7 cm³/mol. The summed E-state index contributed by atoms with van der Waals surface area (Å²) in [5.41, 5.74) is 7.37. The lowest BCUT2D eigenvalue weighted by molar-refractivity contribution is 0.318. The van der Waals surface area contributed by atoms with Crippen LogP contribution < -0.4 is 11.1 Å². The van der Waals surface area contributed by atoms with Crippen molar-refractivity contribution in [3.63, 3.8) is 0 Å². The third-order valence-corrected chi connectivity index (χ3v) is 4.70. The smallest absolute Gasteiger partial charge is 0.170 e. The Balaban J connectivity index is 1.91. The van der Waals surface area contributed by atoms with Crippen LogP contribution in [0.25, 0.3) is 0 Å². The lowest BCUT2D eigenvalue weighted by Gasteiger charge is -2.22. The van der Waals surface area contributed by atoms with Crippen molar-refractivity contribution >= 4 is 16.6 Å². The van der Waals surface area contributed by atoms with E-state index in [2.05, 4.69) is 10.5 Å². The van der Waals surface area contributed by atoms with E-state index >= 15 is 0 Å². The van der Waals surface area contributed by atoms with Gasteiger partial charge in [0, 0.05) is 40.5 Å². The van der Waals surface area contributed by atoms with Crippen molar-refractivity contribution in [2.75, 3.05) is 11.5 Å². The zero-order valence-electron chi connectivity index (χ0n) is 10.7. The molecule has 1 aromatic carbocycles. The monoisotopic (exact) mass is 281 g/mol. The van der Waals surface area contributed by atoms with E-state index in [-0.39, 0.29) is 5.84 Å². The van der Waals surface area contributed by atoms with Gasteiger partial charge < -0.3 is 16.3 Å². The van der Waals surface area contributed by atoms with Crippen molar-refractivity contribution in [2.45, 2.75) is 25.4 Å². The molecule has 1 heterocycles. The first-order valence-corrected chi connectivity index (χ1v) is 7.83. The van der Waals surface area contributed by atoms with Crippen LogP contribution in [0.5, 0.6) is 0 Å². The summed E-state index contributed by atoms with van der Waals surface area (Å²) in [7, 11) is -0.620. The summed E-state index contributed by atoms with van der Waals surface area (Å²) >= 11 is 0. The van der Waals surface area contributed by atoms with Gasteiger partial charge in [0.2, 0.25) is 0 Å². The predicted octanol–water partition coefficient (Wildman–Crippen LogP) is 0.782. The molecule has 1 saturated heterocycles. The van der Waals surface area contributed by atoms with Gasteiger partial charge in [-0.05, 0) is 24.5 Å². The van der Waals surface area contributed by atoms with Crippen LogP contribution in [0.2, 0.25) is 0 Å². The van der Waals surface area contributed by atoms with Crippen molar-refractivity contribution in [2.24, 2.45) is 10.9 Å². The van der Waals surface area contributed by atoms with Crippen LogP contribution in [0.3, 0.4) is 0 Å². The van der Waals surface area contributed by atoms with E-state index in [0.717, 1.165) is 36.5 Å². The summed E-state index contributed by atoms with van der Waals surface area (Å²) in [5, 5.41) is 15.1. The first-order valence-electron chi connectivity index (χ1n) is 6.34. The highest BCUT2D eigenvalue weighted by atomic mass is 32.2. The molecule has 104 valence electrons. The molecule has 1 aromatic rings. The highest BCUT2D eigenvalue weighted by Gasteiger charge is 2.16. The molecular formula is C13H19N3O2S. The van der Waals surface area contributed by atoms with E-state index in [1.807, 2.05) is 24.3 Å². The van der Waals surface area contributed by atoms with Crippen molar-refractivity contribution in [1.82, 2.24) is 5.32 Å². The molecule has 0 saturated carbocycles. The molecule has 6 heteroatoms. The summed E-state index contributed by atoms with van der Waals surface area (Å²) in [6, 6.07) is 8.04. The Morgan fingerprint density at radius 2 is 2.21 bits per heavy atom. The molecule has 4 N–H and O–H groups in total. The maximum atomic E-state index is 11.3. The zero-order valence-corrected chi connectivity index (χ0v) is 11.5. The zero-order chi connectivity index (χ0) is 13.7.